The molecule has 0 saturated carbocycles. The lowest BCUT2D eigenvalue weighted by molar-refractivity contribution is -0.116. The van der Waals surface area contributed by atoms with Crippen LogP contribution in [-0.4, -0.2) is 28.5 Å². The SMILES string of the molecule is CSC1=NN2C(=c3ccccc3=NC2C2CC=C(C)CC2)C(=O)N1. The van der Waals surface area contributed by atoms with Crippen LogP contribution in [0.3, 0.4) is 0 Å². The van der Waals surface area contributed by atoms with Crippen molar-refractivity contribution in [3.8, 4) is 0 Å². The second kappa shape index (κ2) is 6.09. The van der Waals surface area contributed by atoms with Gasteiger partial charge in [0.15, 0.2) is 5.17 Å². The van der Waals surface area contributed by atoms with Crippen molar-refractivity contribution in [1.29, 1.82) is 0 Å². The Bertz CT molecular complexity index is 873. The molecular formula is C18H20N4OS. The van der Waals surface area contributed by atoms with E-state index in [-0.39, 0.29) is 12.1 Å². The summed E-state index contributed by atoms with van der Waals surface area (Å²) in [6.07, 6.45) is 7.25. The monoisotopic (exact) mass is 340 g/mol. The fourth-order valence-electron chi connectivity index (χ4n) is 3.51. The molecule has 1 amide bonds. The van der Waals surface area contributed by atoms with Gasteiger partial charge in [0, 0.05) is 11.1 Å². The highest BCUT2D eigenvalue weighted by Crippen LogP contribution is 2.32. The van der Waals surface area contributed by atoms with Crippen LogP contribution in [0.15, 0.2) is 46.0 Å². The van der Waals surface area contributed by atoms with Crippen molar-refractivity contribution in [3.63, 3.8) is 0 Å². The summed E-state index contributed by atoms with van der Waals surface area (Å²) in [5.41, 5.74) is 2.06. The fourth-order valence-corrected chi connectivity index (χ4v) is 3.87. The standard InChI is InChI=1S/C18H20N4OS/c1-11-7-9-12(10-8-11)16-19-14-6-4-3-5-13(14)15-17(23)20-18(24-2)21-22(15)16/h3-7,12,16H,8-10H2,1-2H3,(H,20,21,23). The molecule has 3 aliphatic rings. The largest absolute Gasteiger partial charge is 0.298 e. The molecule has 24 heavy (non-hydrogen) atoms. The number of amidine groups is 1. The minimum Gasteiger partial charge on any atom is -0.298 e. The predicted molar refractivity (Wildman–Crippen MR) is 96.4 cm³/mol. The molecule has 2 heterocycles. The summed E-state index contributed by atoms with van der Waals surface area (Å²) in [6.45, 7) is 2.18. The lowest BCUT2D eigenvalue weighted by Crippen LogP contribution is -2.54. The van der Waals surface area contributed by atoms with Gasteiger partial charge >= 0.3 is 0 Å². The first-order chi connectivity index (χ1) is 11.7. The molecule has 5 nitrogen and oxygen atoms in total. The van der Waals surface area contributed by atoms with Crippen molar-refractivity contribution in [1.82, 2.24) is 10.3 Å². The maximum absolute atomic E-state index is 12.7. The highest BCUT2D eigenvalue weighted by molar-refractivity contribution is 8.13. The number of nitrogens with one attached hydrogen (secondary N) is 1. The number of rotatable bonds is 1. The Morgan fingerprint density at radius 2 is 2.17 bits per heavy atom. The molecule has 0 aromatic heterocycles. The van der Waals surface area contributed by atoms with Gasteiger partial charge in [-0.15, -0.1) is 5.10 Å². The molecule has 1 aromatic carbocycles. The van der Waals surface area contributed by atoms with Crippen LogP contribution in [0.25, 0.3) is 5.70 Å². The second-order valence-electron chi connectivity index (χ2n) is 6.40. The van der Waals surface area contributed by atoms with Crippen molar-refractivity contribution in [2.75, 3.05) is 6.26 Å². The van der Waals surface area contributed by atoms with Gasteiger partial charge in [-0.25, -0.2) is 5.01 Å². The van der Waals surface area contributed by atoms with E-state index in [0.717, 1.165) is 29.8 Å². The first kappa shape index (κ1) is 15.4. The third kappa shape index (κ3) is 2.55. The molecule has 1 aliphatic carbocycles. The summed E-state index contributed by atoms with van der Waals surface area (Å²) >= 11 is 1.45. The first-order valence-corrected chi connectivity index (χ1v) is 9.46. The highest BCUT2D eigenvalue weighted by atomic mass is 32.2. The summed E-state index contributed by atoms with van der Waals surface area (Å²) in [5.74, 6) is 0.277. The lowest BCUT2D eigenvalue weighted by atomic mass is 9.87. The molecule has 2 atom stereocenters. The Hall–Kier alpha value is -2.08. The van der Waals surface area contributed by atoms with E-state index in [4.69, 9.17) is 4.99 Å². The van der Waals surface area contributed by atoms with E-state index >= 15 is 0 Å². The Labute approximate surface area is 145 Å². The summed E-state index contributed by atoms with van der Waals surface area (Å²) in [5, 5.41) is 11.8. The zero-order chi connectivity index (χ0) is 16.7. The summed E-state index contributed by atoms with van der Waals surface area (Å²) in [6, 6.07) is 7.84. The van der Waals surface area contributed by atoms with E-state index in [1.165, 1.54) is 17.3 Å². The number of hydrazone groups is 1. The second-order valence-corrected chi connectivity index (χ2v) is 7.20. The topological polar surface area (TPSA) is 57.1 Å². The average molecular weight is 340 g/mol. The number of hydrogen-bond acceptors (Lipinski definition) is 5. The number of thioether (sulfide) groups is 1. The van der Waals surface area contributed by atoms with Gasteiger partial charge in [0.1, 0.15) is 11.9 Å². The molecule has 0 spiro atoms. The quantitative estimate of drug-likeness (QED) is 0.790. The zero-order valence-electron chi connectivity index (χ0n) is 13.8. The number of nitrogens with zero attached hydrogens (tertiary/aromatic N) is 3. The molecule has 0 bridgehead atoms. The molecule has 2 unspecified atom stereocenters. The smallest absolute Gasteiger partial charge is 0.276 e. The Kier molecular flexibility index (Phi) is 3.92. The van der Waals surface area contributed by atoms with Gasteiger partial charge in [-0.2, -0.15) is 0 Å². The number of allylic oxidation sites excluding steroid dienone is 2. The van der Waals surface area contributed by atoms with Gasteiger partial charge in [0.05, 0.1) is 5.36 Å². The van der Waals surface area contributed by atoms with Crippen molar-refractivity contribution >= 4 is 28.5 Å². The van der Waals surface area contributed by atoms with Crippen LogP contribution in [0.1, 0.15) is 26.2 Å². The summed E-state index contributed by atoms with van der Waals surface area (Å²) in [4.78, 5) is 17.7. The predicted octanol–water partition coefficient (Wildman–Crippen LogP) is 1.57. The minimum absolute atomic E-state index is 0.0933. The van der Waals surface area contributed by atoms with Crippen LogP contribution in [0.4, 0.5) is 0 Å². The van der Waals surface area contributed by atoms with Gasteiger partial charge in [-0.3, -0.25) is 15.1 Å². The molecule has 6 heteroatoms. The van der Waals surface area contributed by atoms with Gasteiger partial charge in [-0.05, 0) is 38.5 Å². The van der Waals surface area contributed by atoms with Gasteiger partial charge in [0.25, 0.3) is 5.91 Å². The van der Waals surface area contributed by atoms with Gasteiger partial charge in [-0.1, -0.05) is 41.6 Å². The Morgan fingerprint density at radius 3 is 2.92 bits per heavy atom. The first-order valence-electron chi connectivity index (χ1n) is 8.23. The van der Waals surface area contributed by atoms with Gasteiger partial charge in [0.2, 0.25) is 0 Å². The number of amides is 1. The highest BCUT2D eigenvalue weighted by Gasteiger charge is 2.37. The van der Waals surface area contributed by atoms with E-state index in [1.54, 1.807) is 0 Å². The van der Waals surface area contributed by atoms with Crippen LogP contribution in [0.2, 0.25) is 0 Å². The van der Waals surface area contributed by atoms with Crippen LogP contribution in [0, 0.1) is 5.92 Å². The third-order valence-corrected chi connectivity index (χ3v) is 5.41. The number of fused-ring (bicyclic) bond motifs is 2. The maximum atomic E-state index is 12.7. The third-order valence-electron chi connectivity index (χ3n) is 4.84. The van der Waals surface area contributed by atoms with Crippen molar-refractivity contribution in [3.05, 3.63) is 46.5 Å². The van der Waals surface area contributed by atoms with Crippen molar-refractivity contribution in [2.45, 2.75) is 32.4 Å². The van der Waals surface area contributed by atoms with Crippen molar-refractivity contribution < 1.29 is 4.79 Å². The molecule has 4 rings (SSSR count). The van der Waals surface area contributed by atoms with Crippen LogP contribution in [0.5, 0.6) is 0 Å². The average Bonchev–Trinajstić information content (AvgIpc) is 2.61. The number of carbonyl (C=O) groups is 1. The molecule has 124 valence electrons. The molecule has 1 N–H and O–H groups in total. The lowest BCUT2D eigenvalue weighted by Gasteiger charge is -2.38. The number of benzene rings is 1. The Balaban J connectivity index is 1.87. The molecule has 0 radical (unpaired) electrons. The molecular weight excluding hydrogens is 320 g/mol. The van der Waals surface area contributed by atoms with E-state index in [2.05, 4.69) is 23.4 Å². The number of hydrogen-bond donors (Lipinski definition) is 1. The zero-order valence-corrected chi connectivity index (χ0v) is 14.6. The van der Waals surface area contributed by atoms with E-state index < -0.39 is 0 Å². The molecule has 1 aromatic rings. The number of carbonyl (C=O) groups excluding carboxylic acids is 1. The summed E-state index contributed by atoms with van der Waals surface area (Å²) in [7, 11) is 0. The molecule has 2 aliphatic heterocycles. The van der Waals surface area contributed by atoms with E-state index in [1.807, 2.05) is 35.5 Å². The fraction of sp³-hybridized carbons (Fsp3) is 0.389. The normalized spacial score (nSPS) is 25.8. The minimum atomic E-state index is -0.118. The number of para-hydroxylation sites is 1. The molecule has 0 fully saturated rings. The molecule has 0 saturated heterocycles. The Morgan fingerprint density at radius 1 is 1.33 bits per heavy atom. The van der Waals surface area contributed by atoms with Crippen LogP contribution >= 0.6 is 11.8 Å². The van der Waals surface area contributed by atoms with E-state index in [9.17, 15) is 4.79 Å². The summed E-state index contributed by atoms with van der Waals surface area (Å²) < 4.78 is 0. The van der Waals surface area contributed by atoms with Crippen LogP contribution < -0.4 is 15.9 Å². The van der Waals surface area contributed by atoms with Crippen LogP contribution in [-0.2, 0) is 4.79 Å². The van der Waals surface area contributed by atoms with Gasteiger partial charge < -0.3 is 0 Å². The maximum Gasteiger partial charge on any atom is 0.276 e. The van der Waals surface area contributed by atoms with E-state index in [0.29, 0.717) is 16.8 Å². The van der Waals surface area contributed by atoms with Crippen molar-refractivity contribution in [2.24, 2.45) is 16.0 Å².